The Balaban J connectivity index is 1.08. The van der Waals surface area contributed by atoms with E-state index in [0.717, 1.165) is 72.3 Å². The number of fused-ring (bicyclic) bond motifs is 3. The van der Waals surface area contributed by atoms with Crippen LogP contribution >= 0.6 is 0 Å². The summed E-state index contributed by atoms with van der Waals surface area (Å²) in [6.07, 6.45) is 0. The molecule has 0 saturated carbocycles. The molecular formula is C52H38N4. The van der Waals surface area contributed by atoms with Gasteiger partial charge in [0.2, 0.25) is 0 Å². The number of aromatic nitrogens is 3. The summed E-state index contributed by atoms with van der Waals surface area (Å²) < 4.78 is 0. The zero-order valence-electron chi connectivity index (χ0n) is 31.8. The molecule has 1 aromatic heterocycles. The van der Waals surface area contributed by atoms with Crippen LogP contribution in [0, 0.1) is 39.0 Å². The first-order valence-electron chi connectivity index (χ1n) is 18.9. The Labute approximate surface area is 327 Å². The summed E-state index contributed by atoms with van der Waals surface area (Å²) in [5, 5.41) is 15.6. The molecule has 8 aromatic carbocycles. The van der Waals surface area contributed by atoms with E-state index in [9.17, 15) is 5.26 Å². The first-order chi connectivity index (χ1) is 27.3. The summed E-state index contributed by atoms with van der Waals surface area (Å²) in [7, 11) is 0. The van der Waals surface area contributed by atoms with E-state index in [1.807, 2.05) is 30.3 Å². The van der Waals surface area contributed by atoms with Crippen molar-refractivity contribution in [1.82, 2.24) is 15.0 Å². The molecule has 0 saturated heterocycles. The lowest BCUT2D eigenvalue weighted by Gasteiger charge is -2.13. The van der Waals surface area contributed by atoms with Gasteiger partial charge in [-0.05, 0) is 108 Å². The highest BCUT2D eigenvalue weighted by molar-refractivity contribution is 6.08. The second-order valence-electron chi connectivity index (χ2n) is 14.8. The number of nitriles is 1. The summed E-state index contributed by atoms with van der Waals surface area (Å²) in [5.41, 5.74) is 14.0. The van der Waals surface area contributed by atoms with Crippen molar-refractivity contribution in [1.29, 1.82) is 5.26 Å². The van der Waals surface area contributed by atoms with Crippen molar-refractivity contribution < 1.29 is 0 Å². The highest BCUT2D eigenvalue weighted by atomic mass is 15.0. The fourth-order valence-corrected chi connectivity index (χ4v) is 7.98. The zero-order valence-corrected chi connectivity index (χ0v) is 31.8. The highest BCUT2D eigenvalue weighted by Gasteiger charge is 2.16. The zero-order chi connectivity index (χ0) is 38.3. The molecule has 0 aliphatic rings. The second-order valence-corrected chi connectivity index (χ2v) is 14.8. The Morgan fingerprint density at radius 3 is 1.48 bits per heavy atom. The molecule has 1 heterocycles. The molecule has 0 bridgehead atoms. The summed E-state index contributed by atoms with van der Waals surface area (Å²) in [6.45, 7) is 8.37. The number of benzene rings is 8. The monoisotopic (exact) mass is 718 g/mol. The van der Waals surface area contributed by atoms with Crippen molar-refractivity contribution >= 4 is 21.5 Å². The van der Waals surface area contributed by atoms with Crippen molar-refractivity contribution in [2.75, 3.05) is 0 Å². The number of nitrogens with zero attached hydrogens (tertiary/aromatic N) is 4. The van der Waals surface area contributed by atoms with Gasteiger partial charge in [0.25, 0.3) is 0 Å². The molecule has 0 unspecified atom stereocenters. The number of rotatable bonds is 6. The molecule has 0 aliphatic heterocycles. The molecule has 266 valence electrons. The van der Waals surface area contributed by atoms with Crippen LogP contribution in [-0.2, 0) is 0 Å². The van der Waals surface area contributed by atoms with Gasteiger partial charge in [0, 0.05) is 27.8 Å². The maximum absolute atomic E-state index is 10.6. The largest absolute Gasteiger partial charge is 0.208 e. The topological polar surface area (TPSA) is 62.5 Å². The minimum Gasteiger partial charge on any atom is -0.208 e. The number of aryl methyl sites for hydroxylation is 4. The lowest BCUT2D eigenvalue weighted by molar-refractivity contribution is 1.07. The van der Waals surface area contributed by atoms with E-state index in [1.54, 1.807) is 0 Å². The number of hydrogen-bond donors (Lipinski definition) is 0. The van der Waals surface area contributed by atoms with Gasteiger partial charge in [0.05, 0.1) is 5.56 Å². The van der Waals surface area contributed by atoms with Crippen molar-refractivity contribution in [3.63, 3.8) is 0 Å². The maximum atomic E-state index is 10.6. The summed E-state index contributed by atoms with van der Waals surface area (Å²) >= 11 is 0. The molecule has 0 radical (unpaired) electrons. The normalized spacial score (nSPS) is 11.2. The Morgan fingerprint density at radius 1 is 0.357 bits per heavy atom. The van der Waals surface area contributed by atoms with Gasteiger partial charge < -0.3 is 0 Å². The van der Waals surface area contributed by atoms with E-state index in [2.05, 4.69) is 161 Å². The van der Waals surface area contributed by atoms with Crippen molar-refractivity contribution in [3.8, 4) is 73.6 Å². The molecule has 0 aliphatic carbocycles. The SMILES string of the molecule is Cc1cc(C)cc(-c2nc(-c3ccc(-c4cccc(-c5cccc(-c6ccc7c(ccc8ccccc87)c6)c5)c4C#N)cc3)nc(-c3cc(C)cc(C)c3)n2)c1. The third-order valence-corrected chi connectivity index (χ3v) is 10.5. The van der Waals surface area contributed by atoms with Crippen LogP contribution in [0.4, 0.5) is 0 Å². The van der Waals surface area contributed by atoms with E-state index in [-0.39, 0.29) is 0 Å². The molecule has 9 rings (SSSR count). The summed E-state index contributed by atoms with van der Waals surface area (Å²) in [6, 6.07) is 57.7. The quantitative estimate of drug-likeness (QED) is 0.161. The van der Waals surface area contributed by atoms with Gasteiger partial charge in [-0.15, -0.1) is 0 Å². The average molecular weight is 719 g/mol. The molecule has 4 nitrogen and oxygen atoms in total. The minimum atomic E-state index is 0.600. The minimum absolute atomic E-state index is 0.600. The van der Waals surface area contributed by atoms with Gasteiger partial charge in [-0.3, -0.25) is 0 Å². The fraction of sp³-hybridized carbons (Fsp3) is 0.0769. The molecule has 9 aromatic rings. The van der Waals surface area contributed by atoms with Crippen LogP contribution in [0.25, 0.3) is 89.1 Å². The van der Waals surface area contributed by atoms with Crippen LogP contribution < -0.4 is 0 Å². The van der Waals surface area contributed by atoms with E-state index in [1.165, 1.54) is 21.5 Å². The van der Waals surface area contributed by atoms with Gasteiger partial charge in [-0.1, -0.05) is 144 Å². The van der Waals surface area contributed by atoms with Gasteiger partial charge >= 0.3 is 0 Å². The third kappa shape index (κ3) is 6.61. The van der Waals surface area contributed by atoms with Crippen LogP contribution in [0.3, 0.4) is 0 Å². The lowest BCUT2D eigenvalue weighted by atomic mass is 9.90. The predicted octanol–water partition coefficient (Wildman–Crippen LogP) is 13.3. The van der Waals surface area contributed by atoms with Gasteiger partial charge in [0.1, 0.15) is 6.07 Å². The van der Waals surface area contributed by atoms with E-state index in [4.69, 9.17) is 15.0 Å². The second kappa shape index (κ2) is 14.2. The Kier molecular flexibility index (Phi) is 8.76. The lowest BCUT2D eigenvalue weighted by Crippen LogP contribution is -2.01. The molecule has 56 heavy (non-hydrogen) atoms. The van der Waals surface area contributed by atoms with E-state index >= 15 is 0 Å². The van der Waals surface area contributed by atoms with Crippen LogP contribution in [0.1, 0.15) is 27.8 Å². The third-order valence-electron chi connectivity index (χ3n) is 10.5. The highest BCUT2D eigenvalue weighted by Crippen LogP contribution is 2.36. The van der Waals surface area contributed by atoms with Crippen LogP contribution in [0.2, 0.25) is 0 Å². The Bertz CT molecular complexity index is 2910. The van der Waals surface area contributed by atoms with E-state index in [0.29, 0.717) is 23.0 Å². The van der Waals surface area contributed by atoms with Crippen molar-refractivity contribution in [2.45, 2.75) is 27.7 Å². The molecule has 0 amide bonds. The Hall–Kier alpha value is -7.22. The fourth-order valence-electron chi connectivity index (χ4n) is 7.98. The van der Waals surface area contributed by atoms with Crippen LogP contribution in [0.5, 0.6) is 0 Å². The molecule has 4 heteroatoms. The first kappa shape index (κ1) is 34.5. The molecule has 0 atom stereocenters. The summed E-state index contributed by atoms with van der Waals surface area (Å²) in [5.74, 6) is 1.88. The van der Waals surface area contributed by atoms with Crippen LogP contribution in [-0.4, -0.2) is 15.0 Å². The molecular weight excluding hydrogens is 681 g/mol. The molecule has 0 spiro atoms. The smallest absolute Gasteiger partial charge is 0.164 e. The van der Waals surface area contributed by atoms with Crippen molar-refractivity contribution in [3.05, 3.63) is 186 Å². The first-order valence-corrected chi connectivity index (χ1v) is 18.9. The number of hydrogen-bond acceptors (Lipinski definition) is 4. The van der Waals surface area contributed by atoms with Gasteiger partial charge in [0.15, 0.2) is 17.5 Å². The maximum Gasteiger partial charge on any atom is 0.164 e. The van der Waals surface area contributed by atoms with Crippen molar-refractivity contribution in [2.24, 2.45) is 0 Å². The Morgan fingerprint density at radius 2 is 0.839 bits per heavy atom. The van der Waals surface area contributed by atoms with E-state index < -0.39 is 0 Å². The predicted molar refractivity (Wildman–Crippen MR) is 231 cm³/mol. The van der Waals surface area contributed by atoms with Gasteiger partial charge in [-0.2, -0.15) is 5.26 Å². The standard InChI is InChI=1S/C52H38N4/c1-32-23-33(2)26-43(25-32)51-54-50(55-52(56-51)44-27-34(3)24-35(4)28-44)38-18-15-37(16-19-38)46-13-8-14-47(49(46)31-53)41-11-7-10-39(29-41)40-21-22-48-42(30-40)20-17-36-9-5-6-12-45(36)48/h5-30H,1-4H3. The summed E-state index contributed by atoms with van der Waals surface area (Å²) in [4.78, 5) is 15.0. The van der Waals surface area contributed by atoms with Gasteiger partial charge in [-0.25, -0.2) is 15.0 Å². The molecule has 0 fully saturated rings. The van der Waals surface area contributed by atoms with Crippen LogP contribution in [0.15, 0.2) is 158 Å². The average Bonchev–Trinajstić information content (AvgIpc) is 3.22. The molecule has 0 N–H and O–H groups in total.